The Hall–Kier alpha value is -3.15. The summed E-state index contributed by atoms with van der Waals surface area (Å²) in [6.45, 7) is 8.57. The monoisotopic (exact) mass is 380 g/mol. The van der Waals surface area contributed by atoms with Crippen LogP contribution in [0.4, 0.5) is 10.5 Å². The van der Waals surface area contributed by atoms with Gasteiger partial charge in [0.05, 0.1) is 18.8 Å². The van der Waals surface area contributed by atoms with Crippen LogP contribution in [0.1, 0.15) is 38.8 Å². The van der Waals surface area contributed by atoms with Crippen LogP contribution in [0.3, 0.4) is 0 Å². The van der Waals surface area contributed by atoms with E-state index in [4.69, 9.17) is 4.74 Å². The first kappa shape index (κ1) is 19.6. The summed E-state index contributed by atoms with van der Waals surface area (Å²) in [5.74, 6) is -1.32. The minimum atomic E-state index is -0.872. The number of nitrogens with zero attached hydrogens (tertiary/aromatic N) is 2. The van der Waals surface area contributed by atoms with Crippen LogP contribution < -0.4 is 9.64 Å². The van der Waals surface area contributed by atoms with Crippen molar-refractivity contribution in [1.82, 2.24) is 4.90 Å². The van der Waals surface area contributed by atoms with E-state index < -0.39 is 17.8 Å². The first-order chi connectivity index (χ1) is 13.2. The van der Waals surface area contributed by atoms with Crippen molar-refractivity contribution >= 4 is 23.5 Å². The van der Waals surface area contributed by atoms with Crippen molar-refractivity contribution in [3.63, 3.8) is 0 Å². The fourth-order valence-corrected chi connectivity index (χ4v) is 3.07. The highest BCUT2D eigenvalue weighted by molar-refractivity contribution is 6.52. The van der Waals surface area contributed by atoms with E-state index in [1.165, 1.54) is 0 Å². The van der Waals surface area contributed by atoms with Crippen LogP contribution in [-0.4, -0.2) is 29.4 Å². The van der Waals surface area contributed by atoms with Crippen molar-refractivity contribution in [1.29, 1.82) is 0 Å². The highest BCUT2D eigenvalue weighted by atomic mass is 16.5. The summed E-state index contributed by atoms with van der Waals surface area (Å²) in [5, 5.41) is 0. The van der Waals surface area contributed by atoms with Crippen LogP contribution in [0.5, 0.6) is 5.75 Å². The zero-order valence-corrected chi connectivity index (χ0v) is 16.6. The number of amides is 4. The molecule has 4 amide bonds. The molecule has 6 nitrogen and oxygen atoms in total. The molecule has 6 heteroatoms. The van der Waals surface area contributed by atoms with Crippen molar-refractivity contribution in [2.75, 3.05) is 11.5 Å². The molecule has 0 unspecified atom stereocenters. The van der Waals surface area contributed by atoms with Gasteiger partial charge in [-0.25, -0.2) is 9.69 Å². The Labute approximate surface area is 164 Å². The van der Waals surface area contributed by atoms with Crippen LogP contribution in [0.2, 0.25) is 0 Å². The first-order valence-corrected chi connectivity index (χ1v) is 9.25. The van der Waals surface area contributed by atoms with Gasteiger partial charge >= 0.3 is 17.8 Å². The van der Waals surface area contributed by atoms with Gasteiger partial charge in [-0.3, -0.25) is 14.5 Å². The summed E-state index contributed by atoms with van der Waals surface area (Å²) in [7, 11) is 0. The largest absolute Gasteiger partial charge is 0.492 e. The molecule has 0 atom stereocenters. The summed E-state index contributed by atoms with van der Waals surface area (Å²) in [4.78, 5) is 39.7. The maximum absolute atomic E-state index is 12.9. The molecule has 2 aromatic rings. The van der Waals surface area contributed by atoms with Gasteiger partial charge in [-0.15, -0.1) is 0 Å². The average molecular weight is 380 g/mol. The van der Waals surface area contributed by atoms with E-state index in [1.54, 1.807) is 24.3 Å². The number of urea groups is 1. The van der Waals surface area contributed by atoms with Gasteiger partial charge in [-0.2, -0.15) is 0 Å². The molecule has 28 heavy (non-hydrogen) atoms. The first-order valence-electron chi connectivity index (χ1n) is 9.25. The fourth-order valence-electron chi connectivity index (χ4n) is 3.07. The molecule has 0 spiro atoms. The molecular weight excluding hydrogens is 356 g/mol. The highest BCUT2D eigenvalue weighted by Crippen LogP contribution is 2.32. The Bertz CT molecular complexity index is 913. The van der Waals surface area contributed by atoms with Gasteiger partial charge < -0.3 is 4.74 Å². The van der Waals surface area contributed by atoms with Crippen LogP contribution in [0.15, 0.2) is 48.5 Å². The normalized spacial score (nSPS) is 14.8. The quantitative estimate of drug-likeness (QED) is 0.583. The molecule has 1 saturated heterocycles. The van der Waals surface area contributed by atoms with Gasteiger partial charge in [0, 0.05) is 0 Å². The number of anilines is 1. The zero-order valence-electron chi connectivity index (χ0n) is 16.6. The van der Waals surface area contributed by atoms with Crippen LogP contribution in [-0.2, 0) is 21.5 Å². The van der Waals surface area contributed by atoms with Crippen LogP contribution in [0.25, 0.3) is 0 Å². The minimum absolute atomic E-state index is 0.00751. The molecule has 0 saturated carbocycles. The second kappa shape index (κ2) is 7.46. The third-order valence-electron chi connectivity index (χ3n) is 4.62. The molecule has 0 bridgehead atoms. The number of hydrogen-bond acceptors (Lipinski definition) is 4. The molecule has 1 fully saturated rings. The second-order valence-electron chi connectivity index (χ2n) is 7.66. The number of benzene rings is 2. The average Bonchev–Trinajstić information content (AvgIpc) is 2.86. The lowest BCUT2D eigenvalue weighted by Crippen LogP contribution is -2.33. The van der Waals surface area contributed by atoms with Crippen molar-refractivity contribution in [2.24, 2.45) is 0 Å². The Morgan fingerprint density at radius 2 is 1.54 bits per heavy atom. The summed E-state index contributed by atoms with van der Waals surface area (Å²) in [6, 6.07) is 13.7. The number of carbonyl (C=O) groups is 3. The standard InChI is InChI=1S/C22H24N2O4/c1-5-28-18-9-7-6-8-17(18)24-20(26)19(25)23(21(24)27)14-15-10-12-16(13-11-15)22(2,3)4/h6-13H,5,14H2,1-4H3. The van der Waals surface area contributed by atoms with E-state index in [9.17, 15) is 14.4 Å². The van der Waals surface area contributed by atoms with Crippen LogP contribution >= 0.6 is 0 Å². The second-order valence-corrected chi connectivity index (χ2v) is 7.66. The number of imide groups is 2. The SMILES string of the molecule is CCOc1ccccc1N1C(=O)C(=O)N(Cc2ccc(C(C)(C)C)cc2)C1=O. The molecule has 0 N–H and O–H groups in total. The molecule has 0 radical (unpaired) electrons. The molecule has 1 aliphatic rings. The molecular formula is C22H24N2O4. The van der Waals surface area contributed by atoms with Gasteiger partial charge in [-0.1, -0.05) is 57.2 Å². The van der Waals surface area contributed by atoms with Crippen LogP contribution in [0, 0.1) is 0 Å². The van der Waals surface area contributed by atoms with Crippen molar-refractivity contribution < 1.29 is 19.1 Å². The van der Waals surface area contributed by atoms with E-state index in [2.05, 4.69) is 20.8 Å². The Balaban J connectivity index is 1.86. The van der Waals surface area contributed by atoms with Crippen molar-refractivity contribution in [2.45, 2.75) is 39.7 Å². The predicted molar refractivity (Wildman–Crippen MR) is 106 cm³/mol. The third kappa shape index (κ3) is 3.63. The minimum Gasteiger partial charge on any atom is -0.492 e. The van der Waals surface area contributed by atoms with Gasteiger partial charge in [0.25, 0.3) is 0 Å². The summed E-state index contributed by atoms with van der Waals surface area (Å²) < 4.78 is 5.50. The lowest BCUT2D eigenvalue weighted by atomic mass is 9.87. The molecule has 1 heterocycles. The maximum atomic E-state index is 12.9. The Kier molecular flexibility index (Phi) is 5.23. The fraction of sp³-hybridized carbons (Fsp3) is 0.318. The van der Waals surface area contributed by atoms with Gasteiger partial charge in [0.1, 0.15) is 5.75 Å². The number of ether oxygens (including phenoxy) is 1. The topological polar surface area (TPSA) is 66.9 Å². The number of rotatable bonds is 5. The molecule has 2 aromatic carbocycles. The lowest BCUT2D eigenvalue weighted by Gasteiger charge is -2.20. The van der Waals surface area contributed by atoms with Crippen molar-refractivity contribution in [3.8, 4) is 5.75 Å². The highest BCUT2D eigenvalue weighted by Gasteiger charge is 2.46. The number of carbonyl (C=O) groups excluding carboxylic acids is 3. The number of para-hydroxylation sites is 2. The van der Waals surface area contributed by atoms with Gasteiger partial charge in [-0.05, 0) is 35.6 Å². The molecule has 0 aromatic heterocycles. The summed E-state index contributed by atoms with van der Waals surface area (Å²) in [6.07, 6.45) is 0. The smallest absolute Gasteiger partial charge is 0.339 e. The van der Waals surface area contributed by atoms with E-state index in [-0.39, 0.29) is 17.6 Å². The van der Waals surface area contributed by atoms with E-state index in [0.717, 1.165) is 20.9 Å². The molecule has 146 valence electrons. The van der Waals surface area contributed by atoms with E-state index >= 15 is 0 Å². The number of hydrogen-bond donors (Lipinski definition) is 0. The Morgan fingerprint density at radius 1 is 0.893 bits per heavy atom. The third-order valence-corrected chi connectivity index (χ3v) is 4.62. The Morgan fingerprint density at radius 3 is 2.14 bits per heavy atom. The van der Waals surface area contributed by atoms with Crippen molar-refractivity contribution in [3.05, 3.63) is 59.7 Å². The molecule has 1 aliphatic heterocycles. The maximum Gasteiger partial charge on any atom is 0.339 e. The van der Waals surface area contributed by atoms with Gasteiger partial charge in [0.2, 0.25) is 0 Å². The predicted octanol–water partition coefficient (Wildman–Crippen LogP) is 3.88. The van der Waals surface area contributed by atoms with E-state index in [0.29, 0.717) is 12.4 Å². The summed E-state index contributed by atoms with van der Waals surface area (Å²) >= 11 is 0. The zero-order chi connectivity index (χ0) is 20.5. The van der Waals surface area contributed by atoms with E-state index in [1.807, 2.05) is 31.2 Å². The lowest BCUT2D eigenvalue weighted by molar-refractivity contribution is -0.139. The molecule has 3 rings (SSSR count). The molecule has 0 aliphatic carbocycles. The summed E-state index contributed by atoms with van der Waals surface area (Å²) in [5.41, 5.74) is 2.22. The van der Waals surface area contributed by atoms with Gasteiger partial charge in [0.15, 0.2) is 0 Å².